The van der Waals surface area contributed by atoms with Crippen LogP contribution in [0.3, 0.4) is 0 Å². The molecule has 0 aliphatic carbocycles. The Morgan fingerprint density at radius 2 is 1.36 bits per heavy atom. The van der Waals surface area contributed by atoms with Crippen molar-refractivity contribution in [2.24, 2.45) is 0 Å². The molecule has 0 rings (SSSR count). The largest absolute Gasteiger partial charge is 0.314 e. The Bertz CT molecular complexity index is 89.3. The summed E-state index contributed by atoms with van der Waals surface area (Å²) in [5.74, 6) is 1.38. The second-order valence-electron chi connectivity index (χ2n) is 2.90. The average Bonchev–Trinajstić information content (AvgIpc) is 1.99. The molecule has 0 amide bonds. The van der Waals surface area contributed by atoms with E-state index in [0.29, 0.717) is 12.2 Å². The van der Waals surface area contributed by atoms with Crippen LogP contribution in [0.1, 0.15) is 13.8 Å². The molecule has 3 N–H and O–H groups in total. The summed E-state index contributed by atoms with van der Waals surface area (Å²) in [6.07, 6.45) is 0.310. The zero-order chi connectivity index (χ0) is 8.85. The second kappa shape index (κ2) is 5.52. The van der Waals surface area contributed by atoms with Crippen LogP contribution in [0.2, 0.25) is 0 Å². The van der Waals surface area contributed by atoms with E-state index in [0.717, 1.165) is 0 Å². The summed E-state index contributed by atoms with van der Waals surface area (Å²) >= 11 is 0. The van der Waals surface area contributed by atoms with E-state index >= 15 is 0 Å². The lowest BCUT2D eigenvalue weighted by Gasteiger charge is -2.28. The lowest BCUT2D eigenvalue weighted by atomic mass is 10.0. The minimum Gasteiger partial charge on any atom is -0.314 e. The number of nitrogens with one attached hydrogen (secondary N) is 3. The summed E-state index contributed by atoms with van der Waals surface area (Å²) < 4.78 is 0. The van der Waals surface area contributed by atoms with Crippen molar-refractivity contribution in [2.75, 3.05) is 21.1 Å². The summed E-state index contributed by atoms with van der Waals surface area (Å²) in [4.78, 5) is 0. The Morgan fingerprint density at radius 3 is 1.45 bits per heavy atom. The summed E-state index contributed by atoms with van der Waals surface area (Å²) in [5, 5.41) is 9.62. The summed E-state index contributed by atoms with van der Waals surface area (Å²) in [7, 11) is 5.88. The SMILES string of the molecule is CNC(NC)C(NC)[C](C)C. The molecule has 0 aliphatic heterocycles. The molecule has 3 nitrogen and oxygen atoms in total. The van der Waals surface area contributed by atoms with Crippen LogP contribution in [0.25, 0.3) is 0 Å². The highest BCUT2D eigenvalue weighted by atomic mass is 15.1. The number of hydrogen-bond acceptors (Lipinski definition) is 3. The second-order valence-corrected chi connectivity index (χ2v) is 2.90. The van der Waals surface area contributed by atoms with Gasteiger partial charge in [0.2, 0.25) is 0 Å². The van der Waals surface area contributed by atoms with E-state index in [1.807, 2.05) is 21.1 Å². The van der Waals surface area contributed by atoms with E-state index in [-0.39, 0.29) is 0 Å². The fourth-order valence-corrected chi connectivity index (χ4v) is 1.27. The maximum atomic E-state index is 3.24. The van der Waals surface area contributed by atoms with E-state index in [1.54, 1.807) is 0 Å². The van der Waals surface area contributed by atoms with Crippen LogP contribution in [0.4, 0.5) is 0 Å². The van der Waals surface area contributed by atoms with Crippen molar-refractivity contribution in [3.63, 3.8) is 0 Å². The van der Waals surface area contributed by atoms with Crippen molar-refractivity contribution in [3.8, 4) is 0 Å². The van der Waals surface area contributed by atoms with Crippen molar-refractivity contribution < 1.29 is 0 Å². The van der Waals surface area contributed by atoms with Gasteiger partial charge in [0.1, 0.15) is 0 Å². The predicted octanol–water partition coefficient (Wildman–Crippen LogP) is -0.0464. The van der Waals surface area contributed by atoms with Crippen LogP contribution < -0.4 is 16.0 Å². The summed E-state index contributed by atoms with van der Waals surface area (Å²) in [6.45, 7) is 4.26. The first-order valence-corrected chi connectivity index (χ1v) is 3.99. The van der Waals surface area contributed by atoms with Crippen LogP contribution in [-0.4, -0.2) is 33.4 Å². The minimum absolute atomic E-state index is 0.310. The van der Waals surface area contributed by atoms with Crippen molar-refractivity contribution >= 4 is 0 Å². The highest BCUT2D eigenvalue weighted by Gasteiger charge is 2.19. The average molecular weight is 158 g/mol. The first-order chi connectivity index (χ1) is 5.17. The van der Waals surface area contributed by atoms with Gasteiger partial charge in [0.25, 0.3) is 0 Å². The molecule has 0 spiro atoms. The smallest absolute Gasteiger partial charge is 0.0730 e. The van der Waals surface area contributed by atoms with Crippen LogP contribution >= 0.6 is 0 Å². The Balaban J connectivity index is 3.98. The van der Waals surface area contributed by atoms with Crippen LogP contribution in [0.15, 0.2) is 0 Å². The maximum Gasteiger partial charge on any atom is 0.0730 e. The highest BCUT2D eigenvalue weighted by molar-refractivity contribution is 4.97. The fourth-order valence-electron chi connectivity index (χ4n) is 1.27. The topological polar surface area (TPSA) is 36.1 Å². The van der Waals surface area contributed by atoms with Crippen molar-refractivity contribution in [1.82, 2.24) is 16.0 Å². The molecule has 0 bridgehead atoms. The number of rotatable bonds is 5. The molecule has 0 fully saturated rings. The molecule has 0 saturated heterocycles. The van der Waals surface area contributed by atoms with Gasteiger partial charge in [-0.2, -0.15) is 0 Å². The highest BCUT2D eigenvalue weighted by Crippen LogP contribution is 2.05. The third-order valence-corrected chi connectivity index (χ3v) is 1.89. The van der Waals surface area contributed by atoms with Gasteiger partial charge in [-0.3, -0.25) is 0 Å². The zero-order valence-corrected chi connectivity index (χ0v) is 8.15. The molecule has 11 heavy (non-hydrogen) atoms. The molecule has 3 heteroatoms. The molecule has 1 radical (unpaired) electrons. The molecule has 1 atom stereocenters. The summed E-state index contributed by atoms with van der Waals surface area (Å²) in [5.41, 5.74) is 0. The normalized spacial score (nSPS) is 14.5. The molecule has 0 heterocycles. The van der Waals surface area contributed by atoms with Gasteiger partial charge in [-0.1, -0.05) is 13.8 Å². The molecule has 0 aromatic carbocycles. The van der Waals surface area contributed by atoms with E-state index in [4.69, 9.17) is 0 Å². The first-order valence-electron chi connectivity index (χ1n) is 3.99. The van der Waals surface area contributed by atoms with Gasteiger partial charge in [-0.15, -0.1) is 0 Å². The number of likely N-dealkylation sites (N-methyl/N-ethyl adjacent to an activating group) is 3. The fraction of sp³-hybridized carbons (Fsp3) is 0.875. The Hall–Kier alpha value is -0.120. The maximum absolute atomic E-state index is 3.24. The lowest BCUT2D eigenvalue weighted by molar-refractivity contribution is 0.377. The van der Waals surface area contributed by atoms with Crippen LogP contribution in [-0.2, 0) is 0 Å². The van der Waals surface area contributed by atoms with Crippen molar-refractivity contribution in [2.45, 2.75) is 26.1 Å². The molecule has 1 unspecified atom stereocenters. The van der Waals surface area contributed by atoms with E-state index in [2.05, 4.69) is 29.8 Å². The van der Waals surface area contributed by atoms with Crippen molar-refractivity contribution in [1.29, 1.82) is 0 Å². The van der Waals surface area contributed by atoms with E-state index in [9.17, 15) is 0 Å². The molecule has 0 aromatic heterocycles. The van der Waals surface area contributed by atoms with Gasteiger partial charge in [0, 0.05) is 6.04 Å². The van der Waals surface area contributed by atoms with E-state index in [1.165, 1.54) is 5.92 Å². The molecular weight excluding hydrogens is 138 g/mol. The zero-order valence-electron chi connectivity index (χ0n) is 8.15. The van der Waals surface area contributed by atoms with E-state index < -0.39 is 0 Å². The van der Waals surface area contributed by atoms with Gasteiger partial charge in [-0.05, 0) is 27.1 Å². The van der Waals surface area contributed by atoms with Gasteiger partial charge in [0.15, 0.2) is 0 Å². The van der Waals surface area contributed by atoms with Gasteiger partial charge in [0.05, 0.1) is 6.17 Å². The molecule has 0 aliphatic rings. The predicted molar refractivity (Wildman–Crippen MR) is 49.3 cm³/mol. The molecule has 0 aromatic rings. The quantitative estimate of drug-likeness (QED) is 0.491. The minimum atomic E-state index is 0.310. The van der Waals surface area contributed by atoms with Gasteiger partial charge >= 0.3 is 0 Å². The molecule has 67 valence electrons. The van der Waals surface area contributed by atoms with Crippen molar-refractivity contribution in [3.05, 3.63) is 5.92 Å². The van der Waals surface area contributed by atoms with Gasteiger partial charge in [-0.25, -0.2) is 0 Å². The molecule has 0 saturated carbocycles. The Kier molecular flexibility index (Phi) is 5.46. The summed E-state index contributed by atoms with van der Waals surface area (Å²) in [6, 6.07) is 0.394. The van der Waals surface area contributed by atoms with Crippen LogP contribution in [0, 0.1) is 5.92 Å². The third-order valence-electron chi connectivity index (χ3n) is 1.89. The number of hydrogen-bond donors (Lipinski definition) is 3. The lowest BCUT2D eigenvalue weighted by Crippen LogP contribution is -2.54. The van der Waals surface area contributed by atoms with Crippen LogP contribution in [0.5, 0.6) is 0 Å². The Morgan fingerprint density at radius 1 is 0.909 bits per heavy atom. The monoisotopic (exact) mass is 158 g/mol. The molecular formula is C8H20N3. The Labute approximate surface area is 69.9 Å². The first kappa shape index (κ1) is 10.9. The standard InChI is InChI=1S/C8H20N3/c1-6(2)7(9-3)8(10-4)11-5/h7-11H,1-5H3. The third kappa shape index (κ3) is 3.18. The van der Waals surface area contributed by atoms with Gasteiger partial charge < -0.3 is 16.0 Å².